The van der Waals surface area contributed by atoms with Gasteiger partial charge in [0.1, 0.15) is 36.1 Å². The quantitative estimate of drug-likeness (QED) is 0.498. The number of carbonyl (C=O) groups is 1. The van der Waals surface area contributed by atoms with Crippen LogP contribution in [0.1, 0.15) is 10.4 Å². The van der Waals surface area contributed by atoms with Crippen LogP contribution in [0, 0.1) is 0 Å². The van der Waals surface area contributed by atoms with Gasteiger partial charge in [-0.3, -0.25) is 0 Å². The van der Waals surface area contributed by atoms with Gasteiger partial charge in [-0.05, 0) is 28.6 Å². The number of hydrogen-bond donors (Lipinski definition) is 1. The molecule has 3 aromatic rings. The summed E-state index contributed by atoms with van der Waals surface area (Å²) in [6, 6.07) is 5.27. The minimum Gasteiger partial charge on any atom is -0.483 e. The second-order valence-electron chi connectivity index (χ2n) is 7.30. The molecule has 5 rings (SSSR count). The zero-order chi connectivity index (χ0) is 22.1. The maximum Gasteiger partial charge on any atom is 0.338 e. The van der Waals surface area contributed by atoms with E-state index in [1.54, 1.807) is 24.3 Å². The normalized spacial score (nSPS) is 24.4. The maximum atomic E-state index is 11.2. The van der Waals surface area contributed by atoms with Crippen LogP contribution in [-0.2, 0) is 14.2 Å². The highest BCUT2D eigenvalue weighted by Gasteiger charge is 2.49. The van der Waals surface area contributed by atoms with Gasteiger partial charge in [-0.1, -0.05) is 6.08 Å². The number of ether oxygens (including phenoxy) is 4. The molecule has 0 aliphatic carbocycles. The molecule has 32 heavy (non-hydrogen) atoms. The number of rotatable bonds is 8. The Bertz CT molecular complexity index is 1120. The molecule has 0 unspecified atom stereocenters. The van der Waals surface area contributed by atoms with Gasteiger partial charge in [0, 0.05) is 6.20 Å². The Labute approximate surface area is 181 Å². The summed E-state index contributed by atoms with van der Waals surface area (Å²) < 4.78 is 26.7. The van der Waals surface area contributed by atoms with E-state index in [1.165, 1.54) is 28.1 Å². The van der Waals surface area contributed by atoms with Crippen molar-refractivity contribution in [2.75, 3.05) is 19.8 Å². The summed E-state index contributed by atoms with van der Waals surface area (Å²) in [5.74, 6) is -0.542. The second kappa shape index (κ2) is 8.49. The molecule has 4 atom stereocenters. The lowest BCUT2D eigenvalue weighted by Gasteiger charge is -2.20. The van der Waals surface area contributed by atoms with Crippen LogP contribution >= 0.6 is 0 Å². The summed E-state index contributed by atoms with van der Waals surface area (Å²) in [4.78, 5) is 11.2. The molecule has 1 N–H and O–H groups in total. The summed E-state index contributed by atoms with van der Waals surface area (Å²) in [5.41, 5.74) is 1.25. The van der Waals surface area contributed by atoms with E-state index in [1.807, 2.05) is 0 Å². The van der Waals surface area contributed by atoms with Crippen molar-refractivity contribution < 1.29 is 28.8 Å². The zero-order valence-electron chi connectivity index (χ0n) is 16.9. The molecular formula is C20H20N6O6. The van der Waals surface area contributed by atoms with Crippen molar-refractivity contribution in [3.05, 3.63) is 55.1 Å². The molecule has 2 fully saturated rings. The molecule has 2 aliphatic rings. The number of tetrazole rings is 1. The number of carboxylic acid groups (broad SMARTS) is 1. The van der Waals surface area contributed by atoms with E-state index in [0.717, 1.165) is 0 Å². The van der Waals surface area contributed by atoms with Crippen molar-refractivity contribution >= 4 is 5.97 Å². The molecule has 2 aliphatic heterocycles. The number of nitrogens with zero attached hydrogens (tertiary/aromatic N) is 6. The summed E-state index contributed by atoms with van der Waals surface area (Å²) >= 11 is 0. The lowest BCUT2D eigenvalue weighted by atomic mass is 10.1. The first-order valence-corrected chi connectivity index (χ1v) is 9.92. The number of fused-ring (bicyclic) bond motifs is 1. The highest BCUT2D eigenvalue weighted by atomic mass is 16.6. The topological polar surface area (TPSA) is 136 Å². The summed E-state index contributed by atoms with van der Waals surface area (Å²) in [7, 11) is 0. The lowest BCUT2D eigenvalue weighted by Crippen LogP contribution is -2.35. The van der Waals surface area contributed by atoms with Crippen molar-refractivity contribution in [2.24, 2.45) is 0 Å². The Morgan fingerprint density at radius 2 is 2.06 bits per heavy atom. The van der Waals surface area contributed by atoms with E-state index in [2.05, 4.69) is 27.2 Å². The Kier molecular flexibility index (Phi) is 5.39. The van der Waals surface area contributed by atoms with E-state index in [4.69, 9.17) is 24.1 Å². The molecule has 0 saturated carbocycles. The molecule has 0 spiro atoms. The van der Waals surface area contributed by atoms with Gasteiger partial charge in [-0.2, -0.15) is 9.78 Å². The third-order valence-electron chi connectivity index (χ3n) is 5.30. The van der Waals surface area contributed by atoms with Gasteiger partial charge >= 0.3 is 5.97 Å². The molecule has 12 nitrogen and oxygen atoms in total. The number of carboxylic acids is 1. The molecule has 166 valence electrons. The highest BCUT2D eigenvalue weighted by molar-refractivity contribution is 5.87. The molecule has 2 aromatic heterocycles. The zero-order valence-corrected chi connectivity index (χ0v) is 16.9. The maximum absolute atomic E-state index is 11.2. The number of aromatic nitrogens is 6. The predicted molar refractivity (Wildman–Crippen MR) is 107 cm³/mol. The largest absolute Gasteiger partial charge is 0.483 e. The Hall–Kier alpha value is -3.61. The van der Waals surface area contributed by atoms with Crippen LogP contribution in [0.5, 0.6) is 5.75 Å². The second-order valence-corrected chi connectivity index (χ2v) is 7.30. The Morgan fingerprint density at radius 1 is 1.25 bits per heavy atom. The minimum absolute atomic E-state index is 0.0788. The summed E-state index contributed by atoms with van der Waals surface area (Å²) in [5, 5.41) is 24.6. The van der Waals surface area contributed by atoms with Gasteiger partial charge in [0.2, 0.25) is 0 Å². The molecule has 4 heterocycles. The van der Waals surface area contributed by atoms with E-state index in [9.17, 15) is 4.79 Å². The van der Waals surface area contributed by atoms with Gasteiger partial charge in [-0.25, -0.2) is 9.48 Å². The van der Waals surface area contributed by atoms with Gasteiger partial charge in [0.05, 0.1) is 37.3 Å². The van der Waals surface area contributed by atoms with E-state index >= 15 is 0 Å². The van der Waals surface area contributed by atoms with Gasteiger partial charge in [0.25, 0.3) is 0 Å². The van der Waals surface area contributed by atoms with E-state index in [0.29, 0.717) is 36.9 Å². The van der Waals surface area contributed by atoms with Crippen molar-refractivity contribution in [1.29, 1.82) is 0 Å². The third kappa shape index (κ3) is 3.75. The fourth-order valence-electron chi connectivity index (χ4n) is 3.80. The average molecular weight is 440 g/mol. The molecule has 0 bridgehead atoms. The number of aromatic carboxylic acids is 1. The number of benzene rings is 1. The van der Waals surface area contributed by atoms with Crippen LogP contribution in [0.2, 0.25) is 0 Å². The summed E-state index contributed by atoms with van der Waals surface area (Å²) in [6.45, 7) is 4.86. The molecule has 1 aromatic carbocycles. The third-order valence-corrected chi connectivity index (χ3v) is 5.30. The molecule has 2 saturated heterocycles. The van der Waals surface area contributed by atoms with Crippen LogP contribution in [-0.4, -0.2) is 85.3 Å². The van der Waals surface area contributed by atoms with Gasteiger partial charge < -0.3 is 24.1 Å². The van der Waals surface area contributed by atoms with E-state index < -0.39 is 5.97 Å². The lowest BCUT2D eigenvalue weighted by molar-refractivity contribution is -0.0258. The van der Waals surface area contributed by atoms with Crippen LogP contribution in [0.25, 0.3) is 11.4 Å². The molecular weight excluding hydrogens is 420 g/mol. The van der Waals surface area contributed by atoms with Crippen LogP contribution in [0.4, 0.5) is 0 Å². The fraction of sp³-hybridized carbons (Fsp3) is 0.350. The Balaban J connectivity index is 1.40. The van der Waals surface area contributed by atoms with Crippen LogP contribution < -0.4 is 4.74 Å². The first kappa shape index (κ1) is 20.3. The Morgan fingerprint density at radius 3 is 2.78 bits per heavy atom. The SMILES string of the molecule is C=CCO[C@H]1CO[C@H]2[C@@H]1OC[C@@H]2Oc1ccc(-n2cc(C(=O)O)cn2)cc1-n1cnnn1. The monoisotopic (exact) mass is 440 g/mol. The standard InChI is InChI=1S/C20H20N6O6/c1-2-5-29-16-9-30-19-17(10-31-18(16)19)32-15-4-3-13(6-14(15)26-11-21-23-24-26)25-8-12(7-22-25)20(27)28/h2-4,6-8,11,16-19H,1,5,9-10H2,(H,27,28)/t16-,17-,18+,19+/m0/s1. The van der Waals surface area contributed by atoms with Crippen molar-refractivity contribution in [2.45, 2.75) is 24.4 Å². The van der Waals surface area contributed by atoms with Gasteiger partial charge in [-0.15, -0.1) is 11.7 Å². The fourth-order valence-corrected chi connectivity index (χ4v) is 3.80. The van der Waals surface area contributed by atoms with Crippen molar-refractivity contribution in [3.63, 3.8) is 0 Å². The average Bonchev–Trinajstić information content (AvgIpc) is 3.59. The van der Waals surface area contributed by atoms with Gasteiger partial charge in [0.15, 0.2) is 6.10 Å². The predicted octanol–water partition coefficient (Wildman–Crippen LogP) is 0.662. The molecule has 0 amide bonds. The summed E-state index contributed by atoms with van der Waals surface area (Å²) in [6.07, 6.45) is 4.84. The molecule has 12 heteroatoms. The minimum atomic E-state index is -1.06. The smallest absolute Gasteiger partial charge is 0.338 e. The number of hydrogen-bond acceptors (Lipinski definition) is 9. The van der Waals surface area contributed by atoms with Crippen molar-refractivity contribution in [1.82, 2.24) is 30.0 Å². The molecule has 0 radical (unpaired) electrons. The first-order chi connectivity index (χ1) is 15.6. The highest BCUT2D eigenvalue weighted by Crippen LogP contribution is 2.34. The van der Waals surface area contributed by atoms with Crippen LogP contribution in [0.15, 0.2) is 49.6 Å². The first-order valence-electron chi connectivity index (χ1n) is 9.92. The van der Waals surface area contributed by atoms with E-state index in [-0.39, 0.29) is 30.0 Å². The van der Waals surface area contributed by atoms with Crippen molar-refractivity contribution in [3.8, 4) is 17.1 Å². The van der Waals surface area contributed by atoms with Crippen LogP contribution in [0.3, 0.4) is 0 Å².